The Labute approximate surface area is 161 Å². The van der Waals surface area contributed by atoms with Crippen LogP contribution in [0.25, 0.3) is 10.2 Å². The summed E-state index contributed by atoms with van der Waals surface area (Å²) in [5, 5.41) is 3.10. The van der Waals surface area contributed by atoms with Crippen molar-refractivity contribution in [2.24, 2.45) is 0 Å². The molecular weight excluding hydrogens is 391 g/mol. The summed E-state index contributed by atoms with van der Waals surface area (Å²) >= 11 is 1.53. The molecule has 0 saturated heterocycles. The molecule has 0 radical (unpaired) electrons. The molecule has 1 aliphatic carbocycles. The largest absolute Gasteiger partial charge is 0.416 e. The van der Waals surface area contributed by atoms with Crippen LogP contribution in [0.2, 0.25) is 0 Å². The number of fused-ring (bicyclic) bond motifs is 3. The summed E-state index contributed by atoms with van der Waals surface area (Å²) in [6, 6.07) is 4.15. The summed E-state index contributed by atoms with van der Waals surface area (Å²) in [6.07, 6.45) is 0.832. The maximum atomic E-state index is 12.8. The number of aromatic nitrogens is 2. The van der Waals surface area contributed by atoms with Gasteiger partial charge >= 0.3 is 6.18 Å². The van der Waals surface area contributed by atoms with Crippen molar-refractivity contribution in [1.29, 1.82) is 0 Å². The van der Waals surface area contributed by atoms with Crippen LogP contribution in [0, 0.1) is 0 Å². The fraction of sp³-hybridized carbons (Fsp3) is 0.316. The summed E-state index contributed by atoms with van der Waals surface area (Å²) in [7, 11) is 0. The fourth-order valence-electron chi connectivity index (χ4n) is 3.39. The molecule has 1 aliphatic rings. The van der Waals surface area contributed by atoms with Crippen LogP contribution in [-0.2, 0) is 30.4 Å². The molecule has 0 spiro atoms. The van der Waals surface area contributed by atoms with E-state index in [0.29, 0.717) is 10.2 Å². The lowest BCUT2D eigenvalue weighted by molar-refractivity contribution is -0.137. The molecule has 0 saturated carbocycles. The number of aryl methyl sites for hydroxylation is 2. The van der Waals surface area contributed by atoms with Gasteiger partial charge in [0, 0.05) is 10.6 Å². The molecule has 0 atom stereocenters. The zero-order chi connectivity index (χ0) is 19.9. The van der Waals surface area contributed by atoms with Gasteiger partial charge in [0.2, 0.25) is 5.91 Å². The second-order valence-electron chi connectivity index (χ2n) is 6.69. The molecule has 2 heterocycles. The first kappa shape index (κ1) is 18.7. The monoisotopic (exact) mass is 407 g/mol. The zero-order valence-corrected chi connectivity index (χ0v) is 15.5. The third kappa shape index (κ3) is 3.54. The standard InChI is InChI=1S/C19H16F3N3O2S/c20-19(21,22)11-5-7-12(8-6-11)24-15(26)9-25-10-23-17-16(18(25)27)13-3-1-2-4-14(13)28-17/h5-8,10H,1-4,9H2,(H,24,26). The van der Waals surface area contributed by atoms with Crippen molar-refractivity contribution in [3.63, 3.8) is 0 Å². The minimum Gasteiger partial charge on any atom is -0.325 e. The predicted octanol–water partition coefficient (Wildman–Crippen LogP) is 3.99. The maximum Gasteiger partial charge on any atom is 0.416 e. The SMILES string of the molecule is O=C(Cn1cnc2sc3c(c2c1=O)CCCC3)Nc1ccc(C(F)(F)F)cc1. The van der Waals surface area contributed by atoms with Gasteiger partial charge in [-0.1, -0.05) is 0 Å². The number of hydrogen-bond donors (Lipinski definition) is 1. The highest BCUT2D eigenvalue weighted by Crippen LogP contribution is 2.33. The highest BCUT2D eigenvalue weighted by molar-refractivity contribution is 7.18. The molecule has 0 aliphatic heterocycles. The van der Waals surface area contributed by atoms with Crippen LogP contribution >= 0.6 is 11.3 Å². The van der Waals surface area contributed by atoms with Crippen molar-refractivity contribution < 1.29 is 18.0 Å². The van der Waals surface area contributed by atoms with Gasteiger partial charge in [0.15, 0.2) is 0 Å². The molecule has 1 aromatic carbocycles. The van der Waals surface area contributed by atoms with Gasteiger partial charge in [-0.05, 0) is 55.5 Å². The number of carbonyl (C=O) groups is 1. The number of alkyl halides is 3. The van der Waals surface area contributed by atoms with Gasteiger partial charge in [-0.15, -0.1) is 11.3 Å². The van der Waals surface area contributed by atoms with Gasteiger partial charge in [0.1, 0.15) is 11.4 Å². The lowest BCUT2D eigenvalue weighted by Crippen LogP contribution is -2.28. The molecule has 0 fully saturated rings. The van der Waals surface area contributed by atoms with Crippen LogP contribution in [0.4, 0.5) is 18.9 Å². The lowest BCUT2D eigenvalue weighted by Gasteiger charge is -2.11. The van der Waals surface area contributed by atoms with Crippen molar-refractivity contribution in [2.75, 3.05) is 5.32 Å². The third-order valence-electron chi connectivity index (χ3n) is 4.75. The molecule has 3 aromatic rings. The molecule has 2 aromatic heterocycles. The van der Waals surface area contributed by atoms with Gasteiger partial charge in [-0.2, -0.15) is 13.2 Å². The van der Waals surface area contributed by atoms with Gasteiger partial charge in [-0.25, -0.2) is 4.98 Å². The zero-order valence-electron chi connectivity index (χ0n) is 14.7. The minimum atomic E-state index is -4.43. The first-order chi connectivity index (χ1) is 13.3. The molecule has 1 N–H and O–H groups in total. The number of anilines is 1. The number of hydrogen-bond acceptors (Lipinski definition) is 4. The minimum absolute atomic E-state index is 0.230. The Hall–Kier alpha value is -2.68. The Morgan fingerprint density at radius 2 is 1.89 bits per heavy atom. The number of benzene rings is 1. The average Bonchev–Trinajstić information content (AvgIpc) is 3.03. The Morgan fingerprint density at radius 1 is 1.18 bits per heavy atom. The van der Waals surface area contributed by atoms with E-state index in [1.807, 2.05) is 0 Å². The molecule has 9 heteroatoms. The van der Waals surface area contributed by atoms with Crippen molar-refractivity contribution in [3.8, 4) is 0 Å². The number of carbonyl (C=O) groups excluding carboxylic acids is 1. The van der Waals surface area contributed by atoms with E-state index in [1.54, 1.807) is 0 Å². The van der Waals surface area contributed by atoms with Gasteiger partial charge in [-0.3, -0.25) is 14.2 Å². The fourth-order valence-corrected chi connectivity index (χ4v) is 4.61. The van der Waals surface area contributed by atoms with Crippen LogP contribution in [-0.4, -0.2) is 15.5 Å². The summed E-state index contributed by atoms with van der Waals surface area (Å²) in [5.74, 6) is -0.507. The highest BCUT2D eigenvalue weighted by atomic mass is 32.1. The molecule has 4 rings (SSSR count). The Morgan fingerprint density at radius 3 is 2.61 bits per heavy atom. The van der Waals surface area contributed by atoms with E-state index < -0.39 is 17.6 Å². The van der Waals surface area contributed by atoms with Crippen molar-refractivity contribution in [2.45, 2.75) is 38.4 Å². The molecular formula is C19H16F3N3O2S. The van der Waals surface area contributed by atoms with Crippen LogP contribution in [0.3, 0.4) is 0 Å². The summed E-state index contributed by atoms with van der Waals surface area (Å²) in [4.78, 5) is 31.3. The van der Waals surface area contributed by atoms with Gasteiger partial charge in [0.25, 0.3) is 5.56 Å². The summed E-state index contributed by atoms with van der Waals surface area (Å²) in [5.41, 5.74) is 0.222. The van der Waals surface area contributed by atoms with Crippen LogP contribution < -0.4 is 10.9 Å². The number of amides is 1. The van der Waals surface area contributed by atoms with Crippen LogP contribution in [0.5, 0.6) is 0 Å². The second-order valence-corrected chi connectivity index (χ2v) is 7.78. The normalized spacial score (nSPS) is 14.1. The smallest absolute Gasteiger partial charge is 0.325 e. The molecule has 28 heavy (non-hydrogen) atoms. The van der Waals surface area contributed by atoms with Crippen LogP contribution in [0.15, 0.2) is 35.4 Å². The quantitative estimate of drug-likeness (QED) is 0.714. The molecule has 0 unspecified atom stereocenters. The Balaban J connectivity index is 1.54. The number of halogens is 3. The van der Waals surface area contributed by atoms with Gasteiger partial charge in [0.05, 0.1) is 17.3 Å². The topological polar surface area (TPSA) is 64.0 Å². The average molecular weight is 407 g/mol. The van der Waals surface area contributed by atoms with E-state index in [0.717, 1.165) is 43.4 Å². The van der Waals surface area contributed by atoms with Crippen LogP contribution in [0.1, 0.15) is 28.8 Å². The number of nitrogens with zero attached hydrogens (tertiary/aromatic N) is 2. The number of thiophene rings is 1. The maximum absolute atomic E-state index is 12.8. The highest BCUT2D eigenvalue weighted by Gasteiger charge is 2.30. The molecule has 1 amide bonds. The Kier molecular flexibility index (Phi) is 4.70. The second kappa shape index (κ2) is 7.05. The first-order valence-electron chi connectivity index (χ1n) is 8.80. The number of nitrogens with one attached hydrogen (secondary N) is 1. The van der Waals surface area contributed by atoms with Crippen molar-refractivity contribution in [1.82, 2.24) is 9.55 Å². The van der Waals surface area contributed by atoms with Crippen molar-refractivity contribution in [3.05, 3.63) is 57.0 Å². The van der Waals surface area contributed by atoms with E-state index >= 15 is 0 Å². The van der Waals surface area contributed by atoms with Crippen molar-refractivity contribution >= 4 is 33.1 Å². The number of rotatable bonds is 3. The third-order valence-corrected chi connectivity index (χ3v) is 5.95. The molecule has 5 nitrogen and oxygen atoms in total. The Bertz CT molecular complexity index is 1100. The predicted molar refractivity (Wildman–Crippen MR) is 101 cm³/mol. The lowest BCUT2D eigenvalue weighted by atomic mass is 9.97. The van der Waals surface area contributed by atoms with E-state index in [-0.39, 0.29) is 17.8 Å². The summed E-state index contributed by atoms with van der Waals surface area (Å²) in [6.45, 7) is -0.257. The summed E-state index contributed by atoms with van der Waals surface area (Å²) < 4.78 is 39.1. The van der Waals surface area contributed by atoms with E-state index in [9.17, 15) is 22.8 Å². The first-order valence-corrected chi connectivity index (χ1v) is 9.61. The molecule has 146 valence electrons. The van der Waals surface area contributed by atoms with E-state index in [2.05, 4.69) is 10.3 Å². The van der Waals surface area contributed by atoms with E-state index in [4.69, 9.17) is 0 Å². The molecule has 0 bridgehead atoms. The van der Waals surface area contributed by atoms with E-state index in [1.165, 1.54) is 39.2 Å². The van der Waals surface area contributed by atoms with Gasteiger partial charge < -0.3 is 5.32 Å².